The molecule has 1 aromatic carbocycles. The van der Waals surface area contributed by atoms with Crippen LogP contribution in [0.2, 0.25) is 5.02 Å². The summed E-state index contributed by atoms with van der Waals surface area (Å²) >= 11 is 5.82. The SMILES string of the molecule is O=C(CCC1CCNCC1)NCc1ccc(Cl)cc1. The highest BCUT2D eigenvalue weighted by Gasteiger charge is 2.14. The first-order valence-electron chi connectivity index (χ1n) is 6.96. The second-order valence-corrected chi connectivity index (χ2v) is 5.57. The lowest BCUT2D eigenvalue weighted by atomic mass is 9.93. The molecule has 0 unspecified atom stereocenters. The first kappa shape index (κ1) is 14.4. The molecule has 1 aliphatic heterocycles. The maximum Gasteiger partial charge on any atom is 0.220 e. The van der Waals surface area contributed by atoms with Crippen LogP contribution in [0.25, 0.3) is 0 Å². The van der Waals surface area contributed by atoms with Gasteiger partial charge in [-0.05, 0) is 56.0 Å². The Kier molecular flexibility index (Phi) is 5.67. The molecule has 0 atom stereocenters. The molecule has 2 N–H and O–H groups in total. The van der Waals surface area contributed by atoms with Crippen molar-refractivity contribution in [2.45, 2.75) is 32.2 Å². The molecule has 0 saturated carbocycles. The molecule has 3 nitrogen and oxygen atoms in total. The summed E-state index contributed by atoms with van der Waals surface area (Å²) in [6.45, 7) is 2.77. The van der Waals surface area contributed by atoms with Gasteiger partial charge in [-0.2, -0.15) is 0 Å². The Hall–Kier alpha value is -1.06. The van der Waals surface area contributed by atoms with Crippen molar-refractivity contribution in [1.29, 1.82) is 0 Å². The predicted molar refractivity (Wildman–Crippen MR) is 78.1 cm³/mol. The first-order chi connectivity index (χ1) is 9.24. The summed E-state index contributed by atoms with van der Waals surface area (Å²) in [5, 5.41) is 7.03. The molecular formula is C15H21ClN2O. The minimum Gasteiger partial charge on any atom is -0.352 e. The molecule has 0 aromatic heterocycles. The second kappa shape index (κ2) is 7.51. The van der Waals surface area contributed by atoms with Gasteiger partial charge in [0.2, 0.25) is 5.91 Å². The smallest absolute Gasteiger partial charge is 0.220 e. The van der Waals surface area contributed by atoms with Gasteiger partial charge in [-0.1, -0.05) is 23.7 Å². The molecular weight excluding hydrogens is 260 g/mol. The lowest BCUT2D eigenvalue weighted by Gasteiger charge is -2.22. The van der Waals surface area contributed by atoms with E-state index in [0.29, 0.717) is 18.9 Å². The van der Waals surface area contributed by atoms with E-state index in [4.69, 9.17) is 11.6 Å². The zero-order valence-electron chi connectivity index (χ0n) is 11.1. The molecule has 1 fully saturated rings. The zero-order valence-corrected chi connectivity index (χ0v) is 11.9. The number of carbonyl (C=O) groups is 1. The number of amides is 1. The number of hydrogen-bond donors (Lipinski definition) is 2. The molecule has 1 amide bonds. The lowest BCUT2D eigenvalue weighted by Crippen LogP contribution is -2.29. The van der Waals surface area contributed by atoms with Crippen LogP contribution in [0.15, 0.2) is 24.3 Å². The van der Waals surface area contributed by atoms with E-state index in [9.17, 15) is 4.79 Å². The maximum atomic E-state index is 11.8. The number of hydrogen-bond acceptors (Lipinski definition) is 2. The quantitative estimate of drug-likeness (QED) is 0.871. The van der Waals surface area contributed by atoms with Gasteiger partial charge in [-0.25, -0.2) is 0 Å². The van der Waals surface area contributed by atoms with Gasteiger partial charge < -0.3 is 10.6 Å². The van der Waals surface area contributed by atoms with E-state index in [-0.39, 0.29) is 5.91 Å². The number of rotatable bonds is 5. The van der Waals surface area contributed by atoms with Crippen molar-refractivity contribution in [3.8, 4) is 0 Å². The van der Waals surface area contributed by atoms with Crippen molar-refractivity contribution in [2.75, 3.05) is 13.1 Å². The number of benzene rings is 1. The molecule has 104 valence electrons. The van der Waals surface area contributed by atoms with Crippen LogP contribution in [-0.4, -0.2) is 19.0 Å². The Bertz CT molecular complexity index is 399. The Balaban J connectivity index is 1.65. The topological polar surface area (TPSA) is 41.1 Å². The Morgan fingerprint density at radius 3 is 2.63 bits per heavy atom. The minimum atomic E-state index is 0.147. The summed E-state index contributed by atoms with van der Waals surface area (Å²) < 4.78 is 0. The van der Waals surface area contributed by atoms with Gasteiger partial charge in [0.25, 0.3) is 0 Å². The molecule has 1 saturated heterocycles. The number of nitrogens with one attached hydrogen (secondary N) is 2. The van der Waals surface area contributed by atoms with Crippen LogP contribution in [0.3, 0.4) is 0 Å². The lowest BCUT2D eigenvalue weighted by molar-refractivity contribution is -0.121. The number of halogens is 1. The molecule has 1 aromatic rings. The summed E-state index contributed by atoms with van der Waals surface area (Å²) in [7, 11) is 0. The van der Waals surface area contributed by atoms with Crippen molar-refractivity contribution >= 4 is 17.5 Å². The van der Waals surface area contributed by atoms with Crippen molar-refractivity contribution in [3.05, 3.63) is 34.9 Å². The fourth-order valence-electron chi connectivity index (χ4n) is 2.40. The monoisotopic (exact) mass is 280 g/mol. The van der Waals surface area contributed by atoms with E-state index in [0.717, 1.165) is 30.1 Å². The number of carbonyl (C=O) groups excluding carboxylic acids is 1. The van der Waals surface area contributed by atoms with E-state index >= 15 is 0 Å². The van der Waals surface area contributed by atoms with Crippen molar-refractivity contribution in [2.24, 2.45) is 5.92 Å². The third-order valence-corrected chi connectivity index (χ3v) is 3.89. The van der Waals surface area contributed by atoms with E-state index in [1.54, 1.807) is 0 Å². The van der Waals surface area contributed by atoms with Crippen LogP contribution >= 0.6 is 11.6 Å². The normalized spacial score (nSPS) is 16.3. The molecule has 4 heteroatoms. The van der Waals surface area contributed by atoms with E-state index in [2.05, 4.69) is 10.6 Å². The van der Waals surface area contributed by atoms with Crippen LogP contribution in [0, 0.1) is 5.92 Å². The van der Waals surface area contributed by atoms with Crippen molar-refractivity contribution in [3.63, 3.8) is 0 Å². The van der Waals surface area contributed by atoms with E-state index in [1.165, 1.54) is 12.8 Å². The maximum absolute atomic E-state index is 11.8. The molecule has 2 rings (SSSR count). The van der Waals surface area contributed by atoms with Crippen molar-refractivity contribution in [1.82, 2.24) is 10.6 Å². The third kappa shape index (κ3) is 5.21. The molecule has 0 bridgehead atoms. The second-order valence-electron chi connectivity index (χ2n) is 5.14. The summed E-state index contributed by atoms with van der Waals surface area (Å²) in [6.07, 6.45) is 4.04. The van der Waals surface area contributed by atoms with Crippen LogP contribution in [0.1, 0.15) is 31.2 Å². The summed E-state index contributed by atoms with van der Waals surface area (Å²) in [5.41, 5.74) is 1.08. The molecule has 0 spiro atoms. The van der Waals surface area contributed by atoms with Crippen LogP contribution < -0.4 is 10.6 Å². The largest absolute Gasteiger partial charge is 0.352 e. The summed E-state index contributed by atoms with van der Waals surface area (Å²) in [4.78, 5) is 11.8. The minimum absolute atomic E-state index is 0.147. The first-order valence-corrected chi connectivity index (χ1v) is 7.33. The fourth-order valence-corrected chi connectivity index (χ4v) is 2.52. The number of piperidine rings is 1. The molecule has 1 heterocycles. The highest BCUT2D eigenvalue weighted by Crippen LogP contribution is 2.17. The fraction of sp³-hybridized carbons (Fsp3) is 0.533. The van der Waals surface area contributed by atoms with Gasteiger partial charge >= 0.3 is 0 Å². The van der Waals surface area contributed by atoms with E-state index < -0.39 is 0 Å². The predicted octanol–water partition coefficient (Wildman–Crippen LogP) is 2.74. The molecule has 0 aliphatic carbocycles. The molecule has 0 radical (unpaired) electrons. The average Bonchev–Trinajstić information content (AvgIpc) is 2.45. The third-order valence-electron chi connectivity index (χ3n) is 3.64. The zero-order chi connectivity index (χ0) is 13.5. The highest BCUT2D eigenvalue weighted by molar-refractivity contribution is 6.30. The van der Waals surface area contributed by atoms with Crippen LogP contribution in [0.5, 0.6) is 0 Å². The van der Waals surface area contributed by atoms with Crippen LogP contribution in [0.4, 0.5) is 0 Å². The Morgan fingerprint density at radius 2 is 1.95 bits per heavy atom. The Morgan fingerprint density at radius 1 is 1.26 bits per heavy atom. The van der Waals surface area contributed by atoms with Gasteiger partial charge in [0.05, 0.1) is 0 Å². The van der Waals surface area contributed by atoms with Gasteiger partial charge in [0.1, 0.15) is 0 Å². The summed E-state index contributed by atoms with van der Waals surface area (Å²) in [6, 6.07) is 7.57. The van der Waals surface area contributed by atoms with Crippen molar-refractivity contribution < 1.29 is 4.79 Å². The van der Waals surface area contributed by atoms with Gasteiger partial charge in [0.15, 0.2) is 0 Å². The molecule has 1 aliphatic rings. The standard InChI is InChI=1S/C15H21ClN2O/c16-14-4-1-13(2-5-14)11-18-15(19)6-3-12-7-9-17-10-8-12/h1-2,4-5,12,17H,3,6-11H2,(H,18,19). The van der Waals surface area contributed by atoms with Crippen LogP contribution in [-0.2, 0) is 11.3 Å². The molecule has 19 heavy (non-hydrogen) atoms. The van der Waals surface area contributed by atoms with Gasteiger partial charge in [-0.15, -0.1) is 0 Å². The Labute approximate surface area is 119 Å². The van der Waals surface area contributed by atoms with Gasteiger partial charge in [0, 0.05) is 18.0 Å². The van der Waals surface area contributed by atoms with Gasteiger partial charge in [-0.3, -0.25) is 4.79 Å². The van der Waals surface area contributed by atoms with E-state index in [1.807, 2.05) is 24.3 Å². The highest BCUT2D eigenvalue weighted by atomic mass is 35.5. The average molecular weight is 281 g/mol. The summed E-state index contributed by atoms with van der Waals surface area (Å²) in [5.74, 6) is 0.857.